The second-order valence-electron chi connectivity index (χ2n) is 6.24. The third-order valence-corrected chi connectivity index (χ3v) is 5.64. The molecule has 2 N–H and O–H groups in total. The number of benzene rings is 1. The Morgan fingerprint density at radius 2 is 2.32 bits per heavy atom. The van der Waals surface area contributed by atoms with Crippen LogP contribution in [-0.2, 0) is 6.54 Å². The Balaban J connectivity index is 1.40. The van der Waals surface area contributed by atoms with E-state index in [0.29, 0.717) is 12.0 Å². The molecule has 0 saturated carbocycles. The van der Waals surface area contributed by atoms with E-state index < -0.39 is 0 Å². The van der Waals surface area contributed by atoms with Crippen molar-refractivity contribution in [2.24, 2.45) is 5.92 Å². The lowest BCUT2D eigenvalue weighted by Gasteiger charge is -2.30. The summed E-state index contributed by atoms with van der Waals surface area (Å²) in [5, 5.41) is 11.8. The molecule has 4 rings (SSSR count). The summed E-state index contributed by atoms with van der Waals surface area (Å²) in [6, 6.07) is 11.4. The van der Waals surface area contributed by atoms with E-state index in [-0.39, 0.29) is 0 Å². The first-order chi connectivity index (χ1) is 10.8. The van der Waals surface area contributed by atoms with Crippen LogP contribution < -0.4 is 10.6 Å². The fourth-order valence-electron chi connectivity index (χ4n) is 3.38. The van der Waals surface area contributed by atoms with Gasteiger partial charge in [-0.2, -0.15) is 5.10 Å². The van der Waals surface area contributed by atoms with E-state index in [1.807, 2.05) is 11.8 Å². The Morgan fingerprint density at radius 3 is 3.27 bits per heavy atom. The molecule has 0 bridgehead atoms. The Kier molecular flexibility index (Phi) is 3.84. The molecule has 1 aromatic heterocycles. The second-order valence-corrected chi connectivity index (χ2v) is 7.37. The highest BCUT2D eigenvalue weighted by molar-refractivity contribution is 7.99. The first-order valence-corrected chi connectivity index (χ1v) is 9.01. The van der Waals surface area contributed by atoms with Gasteiger partial charge in [0.05, 0.1) is 5.69 Å². The van der Waals surface area contributed by atoms with Crippen LogP contribution in [0.25, 0.3) is 0 Å². The number of thioether (sulfide) groups is 1. The summed E-state index contributed by atoms with van der Waals surface area (Å²) in [6.07, 6.45) is 1.22. The molecule has 0 saturated heterocycles. The molecule has 4 nitrogen and oxygen atoms in total. The van der Waals surface area contributed by atoms with Gasteiger partial charge < -0.3 is 10.6 Å². The van der Waals surface area contributed by atoms with Crippen LogP contribution in [0.4, 0.5) is 5.82 Å². The van der Waals surface area contributed by atoms with Gasteiger partial charge in [0.15, 0.2) is 0 Å². The lowest BCUT2D eigenvalue weighted by atomic mass is 10.0. The first kappa shape index (κ1) is 14.2. The standard InChI is InChI=1S/C17H22N4S/c1-12-8-17-19-10-13(11-21(17)20-12)9-18-15-6-7-22-16-5-3-2-4-14(15)16/h2-5,8,13,15,18-19H,6-7,9-11H2,1H3/t13-,15+/m1/s1. The summed E-state index contributed by atoms with van der Waals surface area (Å²) in [5.41, 5.74) is 2.56. The summed E-state index contributed by atoms with van der Waals surface area (Å²) in [5.74, 6) is 2.96. The van der Waals surface area contributed by atoms with Gasteiger partial charge in [-0.05, 0) is 30.7 Å². The predicted octanol–water partition coefficient (Wildman–Crippen LogP) is 3.06. The normalized spacial score (nSPS) is 23.5. The second kappa shape index (κ2) is 5.97. The lowest BCUT2D eigenvalue weighted by Crippen LogP contribution is -2.37. The van der Waals surface area contributed by atoms with Crippen molar-refractivity contribution in [3.05, 3.63) is 41.6 Å². The molecule has 116 valence electrons. The number of rotatable bonds is 3. The number of anilines is 1. The molecule has 0 amide bonds. The van der Waals surface area contributed by atoms with E-state index in [2.05, 4.69) is 57.7 Å². The number of hydrogen-bond donors (Lipinski definition) is 2. The topological polar surface area (TPSA) is 41.9 Å². The molecule has 2 aliphatic heterocycles. The average Bonchev–Trinajstić information content (AvgIpc) is 2.92. The zero-order valence-corrected chi connectivity index (χ0v) is 13.7. The molecule has 22 heavy (non-hydrogen) atoms. The molecule has 2 aromatic rings. The van der Waals surface area contributed by atoms with Crippen molar-refractivity contribution >= 4 is 17.6 Å². The van der Waals surface area contributed by atoms with Crippen molar-refractivity contribution in [3.63, 3.8) is 0 Å². The van der Waals surface area contributed by atoms with Crippen molar-refractivity contribution in [3.8, 4) is 0 Å². The Labute approximate surface area is 135 Å². The monoisotopic (exact) mass is 314 g/mol. The number of aromatic nitrogens is 2. The Bertz CT molecular complexity index is 666. The van der Waals surface area contributed by atoms with Crippen LogP contribution in [0.5, 0.6) is 0 Å². The van der Waals surface area contributed by atoms with Crippen molar-refractivity contribution < 1.29 is 0 Å². The molecule has 0 radical (unpaired) electrons. The van der Waals surface area contributed by atoms with E-state index in [1.165, 1.54) is 22.6 Å². The molecule has 3 heterocycles. The fourth-order valence-corrected chi connectivity index (χ4v) is 4.51. The van der Waals surface area contributed by atoms with Gasteiger partial charge >= 0.3 is 0 Å². The molecule has 0 unspecified atom stereocenters. The summed E-state index contributed by atoms with van der Waals surface area (Å²) in [4.78, 5) is 1.44. The zero-order valence-electron chi connectivity index (χ0n) is 12.9. The number of fused-ring (bicyclic) bond motifs is 2. The smallest absolute Gasteiger partial charge is 0.124 e. The van der Waals surface area contributed by atoms with Gasteiger partial charge in [0.2, 0.25) is 0 Å². The molecule has 0 fully saturated rings. The highest BCUT2D eigenvalue weighted by atomic mass is 32.2. The Hall–Kier alpha value is -1.46. The molecule has 0 spiro atoms. The van der Waals surface area contributed by atoms with Crippen molar-refractivity contribution in [1.29, 1.82) is 0 Å². The van der Waals surface area contributed by atoms with Crippen molar-refractivity contribution in [1.82, 2.24) is 15.1 Å². The van der Waals surface area contributed by atoms with Crippen LogP contribution in [0.1, 0.15) is 23.7 Å². The Morgan fingerprint density at radius 1 is 1.41 bits per heavy atom. The van der Waals surface area contributed by atoms with Gasteiger partial charge in [-0.1, -0.05) is 18.2 Å². The van der Waals surface area contributed by atoms with Crippen LogP contribution in [-0.4, -0.2) is 28.6 Å². The van der Waals surface area contributed by atoms with Crippen LogP contribution in [0.3, 0.4) is 0 Å². The van der Waals surface area contributed by atoms with E-state index in [1.54, 1.807) is 0 Å². The minimum absolute atomic E-state index is 0.498. The van der Waals surface area contributed by atoms with Crippen LogP contribution >= 0.6 is 11.8 Å². The van der Waals surface area contributed by atoms with E-state index in [4.69, 9.17) is 0 Å². The average molecular weight is 314 g/mol. The quantitative estimate of drug-likeness (QED) is 0.914. The van der Waals surface area contributed by atoms with Gasteiger partial charge in [0.25, 0.3) is 0 Å². The maximum atomic E-state index is 4.56. The van der Waals surface area contributed by atoms with E-state index >= 15 is 0 Å². The van der Waals surface area contributed by atoms with E-state index in [0.717, 1.165) is 31.1 Å². The predicted molar refractivity (Wildman–Crippen MR) is 91.5 cm³/mol. The maximum Gasteiger partial charge on any atom is 0.124 e. The van der Waals surface area contributed by atoms with Gasteiger partial charge in [0, 0.05) is 42.6 Å². The highest BCUT2D eigenvalue weighted by Crippen LogP contribution is 2.35. The summed E-state index contributed by atoms with van der Waals surface area (Å²) in [7, 11) is 0. The zero-order chi connectivity index (χ0) is 14.9. The minimum Gasteiger partial charge on any atom is -0.370 e. The van der Waals surface area contributed by atoms with E-state index in [9.17, 15) is 0 Å². The van der Waals surface area contributed by atoms with Crippen LogP contribution in [0.15, 0.2) is 35.2 Å². The largest absolute Gasteiger partial charge is 0.370 e. The molecular weight excluding hydrogens is 292 g/mol. The SMILES string of the molecule is Cc1cc2n(n1)C[C@H](CN[C@H]1CCSc3ccccc31)CN2. The van der Waals surface area contributed by atoms with Gasteiger partial charge in [-0.15, -0.1) is 11.8 Å². The number of hydrogen-bond acceptors (Lipinski definition) is 4. The third kappa shape index (κ3) is 2.75. The lowest BCUT2D eigenvalue weighted by molar-refractivity contribution is 0.365. The van der Waals surface area contributed by atoms with Gasteiger partial charge in [-0.25, -0.2) is 4.68 Å². The molecular formula is C17H22N4S. The summed E-state index contributed by atoms with van der Waals surface area (Å²) >= 11 is 1.98. The molecule has 1 aromatic carbocycles. The van der Waals surface area contributed by atoms with Crippen LogP contribution in [0, 0.1) is 12.8 Å². The number of nitrogens with one attached hydrogen (secondary N) is 2. The van der Waals surface area contributed by atoms with Crippen molar-refractivity contribution in [2.45, 2.75) is 30.8 Å². The first-order valence-electron chi connectivity index (χ1n) is 8.03. The number of nitrogens with zero attached hydrogens (tertiary/aromatic N) is 2. The van der Waals surface area contributed by atoms with Gasteiger partial charge in [0.1, 0.15) is 5.82 Å². The summed E-state index contributed by atoms with van der Waals surface area (Å²) < 4.78 is 2.11. The molecule has 2 aliphatic rings. The molecule has 2 atom stereocenters. The highest BCUT2D eigenvalue weighted by Gasteiger charge is 2.23. The molecule has 0 aliphatic carbocycles. The van der Waals surface area contributed by atoms with Crippen molar-refractivity contribution in [2.75, 3.05) is 24.2 Å². The fraction of sp³-hybridized carbons (Fsp3) is 0.471. The van der Waals surface area contributed by atoms with Crippen LogP contribution in [0.2, 0.25) is 0 Å². The third-order valence-electron chi connectivity index (χ3n) is 4.52. The maximum absolute atomic E-state index is 4.56. The number of aryl methyl sites for hydroxylation is 1. The van der Waals surface area contributed by atoms with Gasteiger partial charge in [-0.3, -0.25) is 0 Å². The molecule has 5 heteroatoms. The minimum atomic E-state index is 0.498. The summed E-state index contributed by atoms with van der Waals surface area (Å²) in [6.45, 7) is 5.12.